The molecule has 1 saturated carbocycles. The Balaban J connectivity index is 2.61. The summed E-state index contributed by atoms with van der Waals surface area (Å²) in [6.45, 7) is 2.12. The first-order valence-electron chi connectivity index (χ1n) is 4.98. The van der Waals surface area contributed by atoms with Crippen molar-refractivity contribution >= 4 is 11.9 Å². The molecule has 2 N–H and O–H groups in total. The van der Waals surface area contributed by atoms with Crippen molar-refractivity contribution in [2.45, 2.75) is 32.6 Å². The molecule has 80 valence electrons. The zero-order valence-electron chi connectivity index (χ0n) is 8.27. The minimum Gasteiger partial charge on any atom is -0.481 e. The zero-order valence-corrected chi connectivity index (χ0v) is 8.27. The molecule has 0 atom stereocenters. The monoisotopic (exact) mass is 200 g/mol. The molecule has 0 aliphatic heterocycles. The Morgan fingerprint density at radius 3 is 1.86 bits per heavy atom. The maximum Gasteiger partial charge on any atom is 0.318 e. The topological polar surface area (TPSA) is 74.6 Å². The number of rotatable bonds is 3. The highest BCUT2D eigenvalue weighted by molar-refractivity contribution is 5.93. The van der Waals surface area contributed by atoms with E-state index in [4.69, 9.17) is 10.2 Å². The summed E-state index contributed by atoms with van der Waals surface area (Å²) in [5.41, 5.74) is 0. The van der Waals surface area contributed by atoms with E-state index < -0.39 is 17.9 Å². The van der Waals surface area contributed by atoms with Crippen molar-refractivity contribution < 1.29 is 19.8 Å². The average molecular weight is 200 g/mol. The van der Waals surface area contributed by atoms with Crippen LogP contribution in [0.5, 0.6) is 0 Å². The first-order chi connectivity index (χ1) is 6.52. The second kappa shape index (κ2) is 4.44. The predicted octanol–water partition coefficient (Wildman–Crippen LogP) is 1.60. The van der Waals surface area contributed by atoms with Gasteiger partial charge in [0.1, 0.15) is 0 Å². The van der Waals surface area contributed by atoms with Crippen LogP contribution < -0.4 is 0 Å². The zero-order chi connectivity index (χ0) is 10.7. The maximum absolute atomic E-state index is 10.7. The van der Waals surface area contributed by atoms with Crippen LogP contribution in [0, 0.1) is 17.8 Å². The molecule has 4 heteroatoms. The molecule has 0 aromatic carbocycles. The van der Waals surface area contributed by atoms with Gasteiger partial charge in [-0.3, -0.25) is 9.59 Å². The van der Waals surface area contributed by atoms with Crippen LogP contribution in [0.2, 0.25) is 0 Å². The Bertz CT molecular complexity index is 214. The summed E-state index contributed by atoms with van der Waals surface area (Å²) in [6, 6.07) is 0. The molecule has 0 bridgehead atoms. The van der Waals surface area contributed by atoms with Crippen molar-refractivity contribution in [3.05, 3.63) is 0 Å². The van der Waals surface area contributed by atoms with Crippen molar-refractivity contribution in [3.8, 4) is 0 Å². The summed E-state index contributed by atoms with van der Waals surface area (Å²) in [4.78, 5) is 21.5. The van der Waals surface area contributed by atoms with Crippen molar-refractivity contribution in [1.29, 1.82) is 0 Å². The average Bonchev–Trinajstić information content (AvgIpc) is 2.07. The normalized spacial score (nSPS) is 27.6. The van der Waals surface area contributed by atoms with Gasteiger partial charge in [-0.15, -0.1) is 0 Å². The molecule has 0 amide bonds. The molecule has 0 unspecified atom stereocenters. The fraction of sp³-hybridized carbons (Fsp3) is 0.800. The van der Waals surface area contributed by atoms with E-state index in [1.165, 1.54) is 0 Å². The van der Waals surface area contributed by atoms with Gasteiger partial charge in [0.2, 0.25) is 0 Å². The number of hydrogen-bond donors (Lipinski definition) is 2. The fourth-order valence-corrected chi connectivity index (χ4v) is 2.13. The highest BCUT2D eigenvalue weighted by Gasteiger charge is 2.36. The standard InChI is InChI=1S/C10H16O4/c1-6-2-4-7(5-3-6)8(9(11)12)10(13)14/h6-8H,2-5H2,1H3,(H,11,12)(H,13,14). The predicted molar refractivity (Wildman–Crippen MR) is 49.9 cm³/mol. The summed E-state index contributed by atoms with van der Waals surface area (Å²) < 4.78 is 0. The summed E-state index contributed by atoms with van der Waals surface area (Å²) in [5.74, 6) is -3.17. The number of aliphatic carboxylic acids is 2. The van der Waals surface area contributed by atoms with Gasteiger partial charge in [-0.05, 0) is 24.7 Å². The Hall–Kier alpha value is -1.06. The second-order valence-electron chi connectivity index (χ2n) is 4.17. The van der Waals surface area contributed by atoms with Crippen LogP contribution >= 0.6 is 0 Å². The van der Waals surface area contributed by atoms with Gasteiger partial charge in [0.15, 0.2) is 5.92 Å². The molecule has 1 fully saturated rings. The highest BCUT2D eigenvalue weighted by Crippen LogP contribution is 2.33. The van der Waals surface area contributed by atoms with Gasteiger partial charge >= 0.3 is 11.9 Å². The fourth-order valence-electron chi connectivity index (χ4n) is 2.13. The molecule has 1 aliphatic rings. The van der Waals surface area contributed by atoms with Crippen molar-refractivity contribution in [1.82, 2.24) is 0 Å². The van der Waals surface area contributed by atoms with Crippen LogP contribution in [-0.2, 0) is 9.59 Å². The molecule has 0 heterocycles. The minimum atomic E-state index is -1.21. The van der Waals surface area contributed by atoms with Crippen LogP contribution in [-0.4, -0.2) is 22.2 Å². The third-order valence-corrected chi connectivity index (χ3v) is 3.06. The Kier molecular flexibility index (Phi) is 3.49. The largest absolute Gasteiger partial charge is 0.481 e. The Labute approximate surface area is 82.9 Å². The molecule has 1 aliphatic carbocycles. The Morgan fingerprint density at radius 2 is 1.50 bits per heavy atom. The van der Waals surface area contributed by atoms with Gasteiger partial charge in [-0.25, -0.2) is 0 Å². The van der Waals surface area contributed by atoms with E-state index in [1.54, 1.807) is 0 Å². The molecule has 0 aromatic heterocycles. The molecular formula is C10H16O4. The first-order valence-corrected chi connectivity index (χ1v) is 4.98. The van der Waals surface area contributed by atoms with Gasteiger partial charge in [0.25, 0.3) is 0 Å². The van der Waals surface area contributed by atoms with Crippen LogP contribution in [0.15, 0.2) is 0 Å². The summed E-state index contributed by atoms with van der Waals surface area (Å²) in [5, 5.41) is 17.6. The lowest BCUT2D eigenvalue weighted by atomic mass is 9.76. The molecule has 0 spiro atoms. The van der Waals surface area contributed by atoms with Crippen molar-refractivity contribution in [2.24, 2.45) is 17.8 Å². The van der Waals surface area contributed by atoms with Crippen molar-refractivity contribution in [3.63, 3.8) is 0 Å². The van der Waals surface area contributed by atoms with Crippen LogP contribution in [0.25, 0.3) is 0 Å². The lowest BCUT2D eigenvalue weighted by molar-refractivity contribution is -0.158. The van der Waals surface area contributed by atoms with Gasteiger partial charge < -0.3 is 10.2 Å². The maximum atomic E-state index is 10.7. The molecule has 4 nitrogen and oxygen atoms in total. The lowest BCUT2D eigenvalue weighted by Crippen LogP contribution is -2.33. The molecular weight excluding hydrogens is 184 g/mol. The molecule has 14 heavy (non-hydrogen) atoms. The molecule has 0 aromatic rings. The minimum absolute atomic E-state index is 0.179. The van der Waals surface area contributed by atoms with E-state index in [1.807, 2.05) is 0 Å². The van der Waals surface area contributed by atoms with E-state index in [-0.39, 0.29) is 5.92 Å². The van der Waals surface area contributed by atoms with Gasteiger partial charge in [0, 0.05) is 0 Å². The third kappa shape index (κ3) is 2.47. The smallest absolute Gasteiger partial charge is 0.318 e. The van der Waals surface area contributed by atoms with Crippen LogP contribution in [0.4, 0.5) is 0 Å². The number of carboxylic acids is 2. The van der Waals surface area contributed by atoms with E-state index >= 15 is 0 Å². The van der Waals surface area contributed by atoms with Crippen LogP contribution in [0.3, 0.4) is 0 Å². The summed E-state index contributed by atoms with van der Waals surface area (Å²) in [7, 11) is 0. The number of carbonyl (C=O) groups is 2. The SMILES string of the molecule is CC1CCC(C(C(=O)O)C(=O)O)CC1. The van der Waals surface area contributed by atoms with Gasteiger partial charge in [-0.2, -0.15) is 0 Å². The van der Waals surface area contributed by atoms with Crippen molar-refractivity contribution in [2.75, 3.05) is 0 Å². The van der Waals surface area contributed by atoms with E-state index in [9.17, 15) is 9.59 Å². The van der Waals surface area contributed by atoms with E-state index in [2.05, 4.69) is 6.92 Å². The van der Waals surface area contributed by atoms with E-state index in [0.717, 1.165) is 25.7 Å². The highest BCUT2D eigenvalue weighted by atomic mass is 16.4. The molecule has 0 radical (unpaired) electrons. The first kappa shape index (κ1) is 11.0. The summed E-state index contributed by atoms with van der Waals surface area (Å²) in [6.07, 6.45) is 3.35. The molecule has 0 saturated heterocycles. The van der Waals surface area contributed by atoms with Gasteiger partial charge in [-0.1, -0.05) is 19.8 Å². The number of carboxylic acid groups (broad SMARTS) is 2. The van der Waals surface area contributed by atoms with Gasteiger partial charge in [0.05, 0.1) is 0 Å². The molecule has 1 rings (SSSR count). The summed E-state index contributed by atoms with van der Waals surface area (Å²) >= 11 is 0. The van der Waals surface area contributed by atoms with Crippen LogP contribution in [0.1, 0.15) is 32.6 Å². The second-order valence-corrected chi connectivity index (χ2v) is 4.17. The Morgan fingerprint density at radius 1 is 1.07 bits per heavy atom. The number of hydrogen-bond acceptors (Lipinski definition) is 2. The third-order valence-electron chi connectivity index (χ3n) is 3.06. The quantitative estimate of drug-likeness (QED) is 0.678. The lowest BCUT2D eigenvalue weighted by Gasteiger charge is -2.28. The van der Waals surface area contributed by atoms with E-state index in [0.29, 0.717) is 5.92 Å².